The van der Waals surface area contributed by atoms with Crippen LogP contribution in [0, 0.1) is 5.92 Å². The van der Waals surface area contributed by atoms with Gasteiger partial charge in [-0.05, 0) is 62.6 Å². The molecule has 1 aromatic carbocycles. The van der Waals surface area contributed by atoms with Crippen LogP contribution in [0.15, 0.2) is 36.9 Å². The average Bonchev–Trinajstić information content (AvgIpc) is 2.57. The van der Waals surface area contributed by atoms with E-state index < -0.39 is 0 Å². The quantitative estimate of drug-likeness (QED) is 0.426. The zero-order chi connectivity index (χ0) is 17.2. The lowest BCUT2D eigenvalue weighted by molar-refractivity contribution is 0.182. The van der Waals surface area contributed by atoms with Gasteiger partial charge in [0.2, 0.25) is 0 Å². The molecule has 1 aromatic rings. The van der Waals surface area contributed by atoms with E-state index >= 15 is 0 Å². The van der Waals surface area contributed by atoms with Crippen molar-refractivity contribution in [2.75, 3.05) is 38.1 Å². The molecule has 5 heteroatoms. The van der Waals surface area contributed by atoms with E-state index in [9.17, 15) is 0 Å². The molecule has 0 saturated carbocycles. The number of benzene rings is 1. The van der Waals surface area contributed by atoms with Gasteiger partial charge in [-0.3, -0.25) is 0 Å². The van der Waals surface area contributed by atoms with Gasteiger partial charge in [0.25, 0.3) is 0 Å². The van der Waals surface area contributed by atoms with E-state index in [1.807, 2.05) is 24.3 Å². The topological polar surface area (TPSA) is 36.5 Å². The van der Waals surface area contributed by atoms with E-state index in [0.717, 1.165) is 36.9 Å². The fourth-order valence-electron chi connectivity index (χ4n) is 2.99. The fraction of sp³-hybridized carbons (Fsp3) is 0.526. The van der Waals surface area contributed by atoms with Gasteiger partial charge in [0.1, 0.15) is 12.4 Å². The molecule has 1 fully saturated rings. The van der Waals surface area contributed by atoms with Crippen LogP contribution in [0.25, 0.3) is 0 Å². The van der Waals surface area contributed by atoms with E-state index in [-0.39, 0.29) is 0 Å². The number of ether oxygens (including phenoxy) is 1. The summed E-state index contributed by atoms with van der Waals surface area (Å²) in [6.45, 7) is 11.0. The summed E-state index contributed by atoms with van der Waals surface area (Å²) in [5, 5.41) is 7.14. The number of hydrogen-bond acceptors (Lipinski definition) is 3. The Bertz CT molecular complexity index is 535. The molecule has 0 aliphatic carbocycles. The van der Waals surface area contributed by atoms with Crippen molar-refractivity contribution in [1.29, 1.82) is 0 Å². The number of hydrogen-bond donors (Lipinski definition) is 2. The highest BCUT2D eigenvalue weighted by Crippen LogP contribution is 2.17. The summed E-state index contributed by atoms with van der Waals surface area (Å²) in [6.07, 6.45) is 5.55. The molecule has 24 heavy (non-hydrogen) atoms. The van der Waals surface area contributed by atoms with Crippen LogP contribution in [0.3, 0.4) is 0 Å². The molecule has 1 atom stereocenters. The van der Waals surface area contributed by atoms with Crippen molar-refractivity contribution in [2.24, 2.45) is 5.92 Å². The Morgan fingerprint density at radius 1 is 1.50 bits per heavy atom. The molecular formula is C19H29N3OS. The normalized spacial score (nSPS) is 18.0. The van der Waals surface area contributed by atoms with Gasteiger partial charge in [-0.2, -0.15) is 0 Å². The van der Waals surface area contributed by atoms with Crippen molar-refractivity contribution in [2.45, 2.75) is 26.2 Å². The minimum Gasteiger partial charge on any atom is -0.489 e. The Morgan fingerprint density at radius 3 is 3.17 bits per heavy atom. The SMILES string of the molecule is C=CCOc1cccc(NC(=S)NCCCN2CCC[C@@H](C)C2)c1. The number of rotatable bonds is 8. The first-order valence-corrected chi connectivity index (χ1v) is 9.19. The zero-order valence-electron chi connectivity index (χ0n) is 14.6. The lowest BCUT2D eigenvalue weighted by atomic mass is 10.0. The number of nitrogens with one attached hydrogen (secondary N) is 2. The van der Waals surface area contributed by atoms with Crippen molar-refractivity contribution in [3.05, 3.63) is 36.9 Å². The second-order valence-electron chi connectivity index (χ2n) is 6.41. The Kier molecular flexibility index (Phi) is 8.05. The van der Waals surface area contributed by atoms with Crippen LogP contribution >= 0.6 is 12.2 Å². The van der Waals surface area contributed by atoms with Gasteiger partial charge >= 0.3 is 0 Å². The van der Waals surface area contributed by atoms with Gasteiger partial charge < -0.3 is 20.3 Å². The highest BCUT2D eigenvalue weighted by atomic mass is 32.1. The second kappa shape index (κ2) is 10.3. The Balaban J connectivity index is 1.65. The van der Waals surface area contributed by atoms with Gasteiger partial charge in [0.05, 0.1) is 0 Å². The average molecular weight is 348 g/mol. The van der Waals surface area contributed by atoms with Crippen LogP contribution in [-0.4, -0.2) is 42.8 Å². The van der Waals surface area contributed by atoms with E-state index in [0.29, 0.717) is 11.7 Å². The van der Waals surface area contributed by atoms with E-state index in [1.165, 1.54) is 25.9 Å². The van der Waals surface area contributed by atoms with Crippen molar-refractivity contribution < 1.29 is 4.74 Å². The lowest BCUT2D eigenvalue weighted by Gasteiger charge is -2.30. The molecule has 2 N–H and O–H groups in total. The van der Waals surface area contributed by atoms with Crippen LogP contribution < -0.4 is 15.4 Å². The number of likely N-dealkylation sites (tertiary alicyclic amines) is 1. The third-order valence-electron chi connectivity index (χ3n) is 4.14. The second-order valence-corrected chi connectivity index (χ2v) is 6.82. The fourth-order valence-corrected chi connectivity index (χ4v) is 3.21. The minimum absolute atomic E-state index is 0.501. The first kappa shape index (κ1) is 18.7. The van der Waals surface area contributed by atoms with Crippen molar-refractivity contribution >= 4 is 23.0 Å². The molecule has 0 aromatic heterocycles. The van der Waals surface area contributed by atoms with E-state index in [4.69, 9.17) is 17.0 Å². The van der Waals surface area contributed by atoms with Crippen molar-refractivity contribution in [3.63, 3.8) is 0 Å². The number of anilines is 1. The van der Waals surface area contributed by atoms with Gasteiger partial charge in [0.15, 0.2) is 5.11 Å². The van der Waals surface area contributed by atoms with Crippen LogP contribution in [-0.2, 0) is 0 Å². The van der Waals surface area contributed by atoms with Gasteiger partial charge in [-0.25, -0.2) is 0 Å². The summed E-state index contributed by atoms with van der Waals surface area (Å²) in [7, 11) is 0. The summed E-state index contributed by atoms with van der Waals surface area (Å²) in [5.41, 5.74) is 0.930. The minimum atomic E-state index is 0.501. The first-order valence-electron chi connectivity index (χ1n) is 8.78. The molecule has 4 nitrogen and oxygen atoms in total. The molecule has 2 rings (SSSR count). The summed E-state index contributed by atoms with van der Waals surface area (Å²) in [6, 6.07) is 7.78. The largest absolute Gasteiger partial charge is 0.489 e. The first-order chi connectivity index (χ1) is 11.7. The molecule has 0 bridgehead atoms. The molecular weight excluding hydrogens is 318 g/mol. The summed E-state index contributed by atoms with van der Waals surface area (Å²) in [5.74, 6) is 1.65. The van der Waals surface area contributed by atoms with Gasteiger partial charge in [-0.15, -0.1) is 0 Å². The highest BCUT2D eigenvalue weighted by Gasteiger charge is 2.15. The molecule has 132 valence electrons. The maximum absolute atomic E-state index is 5.52. The molecule has 0 spiro atoms. The lowest BCUT2D eigenvalue weighted by Crippen LogP contribution is -2.37. The van der Waals surface area contributed by atoms with Crippen LogP contribution in [0.4, 0.5) is 5.69 Å². The van der Waals surface area contributed by atoms with Crippen LogP contribution in [0.1, 0.15) is 26.2 Å². The smallest absolute Gasteiger partial charge is 0.170 e. The Labute approximate surface area is 151 Å². The standard InChI is InChI=1S/C19H29N3OS/c1-3-13-23-18-9-4-8-17(14-18)21-19(24)20-10-6-12-22-11-5-7-16(2)15-22/h3-4,8-9,14,16H,1,5-7,10-13,15H2,2H3,(H2,20,21,24)/t16-/m1/s1. The van der Waals surface area contributed by atoms with Crippen molar-refractivity contribution in [3.8, 4) is 5.75 Å². The maximum Gasteiger partial charge on any atom is 0.170 e. The van der Waals surface area contributed by atoms with Gasteiger partial charge in [0, 0.05) is 24.8 Å². The molecule has 1 heterocycles. The third kappa shape index (κ3) is 6.89. The Hall–Kier alpha value is -1.59. The zero-order valence-corrected chi connectivity index (χ0v) is 15.4. The Morgan fingerprint density at radius 2 is 2.38 bits per heavy atom. The number of nitrogens with zero attached hydrogens (tertiary/aromatic N) is 1. The maximum atomic E-state index is 5.52. The summed E-state index contributed by atoms with van der Waals surface area (Å²) >= 11 is 5.36. The summed E-state index contributed by atoms with van der Waals surface area (Å²) in [4.78, 5) is 2.56. The molecule has 1 aliphatic heterocycles. The predicted octanol–water partition coefficient (Wildman–Crippen LogP) is 3.66. The van der Waals surface area contributed by atoms with Crippen LogP contribution in [0.5, 0.6) is 5.75 Å². The summed E-state index contributed by atoms with van der Waals surface area (Å²) < 4.78 is 5.52. The molecule has 0 unspecified atom stereocenters. The monoisotopic (exact) mass is 347 g/mol. The van der Waals surface area contributed by atoms with Crippen LogP contribution in [0.2, 0.25) is 0 Å². The molecule has 1 aliphatic rings. The van der Waals surface area contributed by atoms with E-state index in [1.54, 1.807) is 6.08 Å². The molecule has 0 radical (unpaired) electrons. The predicted molar refractivity (Wildman–Crippen MR) is 106 cm³/mol. The van der Waals surface area contributed by atoms with E-state index in [2.05, 4.69) is 29.0 Å². The van der Waals surface area contributed by atoms with Crippen molar-refractivity contribution in [1.82, 2.24) is 10.2 Å². The van der Waals surface area contributed by atoms with Gasteiger partial charge in [-0.1, -0.05) is 25.6 Å². The number of thiocarbonyl (C=S) groups is 1. The third-order valence-corrected chi connectivity index (χ3v) is 4.38. The number of piperidine rings is 1. The molecule has 0 amide bonds. The molecule has 1 saturated heterocycles. The highest BCUT2D eigenvalue weighted by molar-refractivity contribution is 7.80.